The molecular weight excluding hydrogens is 439 g/mol. The Morgan fingerprint density at radius 3 is 2.47 bits per heavy atom. The van der Waals surface area contributed by atoms with E-state index in [4.69, 9.17) is 9.84 Å². The molecule has 0 spiro atoms. The molecule has 6 nitrogen and oxygen atoms in total. The summed E-state index contributed by atoms with van der Waals surface area (Å²) in [6.07, 6.45) is 8.06. The first-order valence-corrected chi connectivity index (χ1v) is 12.4. The van der Waals surface area contributed by atoms with Crippen molar-refractivity contribution in [1.29, 1.82) is 0 Å². The molecule has 30 heavy (non-hydrogen) atoms. The molecule has 4 rings (SSSR count). The summed E-state index contributed by atoms with van der Waals surface area (Å²) in [5.74, 6) is 1.61. The fourth-order valence-electron chi connectivity index (χ4n) is 3.14. The van der Waals surface area contributed by atoms with Crippen LogP contribution in [0, 0.1) is 0 Å². The third-order valence-electron chi connectivity index (χ3n) is 4.95. The van der Waals surface area contributed by atoms with Crippen molar-refractivity contribution >= 4 is 24.6 Å². The van der Waals surface area contributed by atoms with E-state index in [9.17, 15) is 5.11 Å². The molecule has 0 radical (unpaired) electrons. The molecule has 1 unspecified atom stereocenters. The maximum atomic E-state index is 10.1. The van der Waals surface area contributed by atoms with E-state index in [0.717, 1.165) is 26.0 Å². The van der Waals surface area contributed by atoms with Crippen molar-refractivity contribution in [2.45, 2.75) is 64.5 Å². The standard InChI is InChI=1S/C23H29AsN4O2/c1-22(2,3)21-18(14-28(27-21)16-7-8-16)30-17-10-11-25-20(12-17)24-15-6-9-19(26-13-15)23(4,5)29/h6,9-14,16,24,29H,7-8H2,1-5H3. The molecule has 3 aromatic rings. The zero-order valence-corrected chi connectivity index (χ0v) is 20.3. The summed E-state index contributed by atoms with van der Waals surface area (Å²) in [5, 5.41) is 14.9. The summed E-state index contributed by atoms with van der Waals surface area (Å²) in [4.78, 5) is 8.95. The average Bonchev–Trinajstić information content (AvgIpc) is 3.41. The Balaban J connectivity index is 1.53. The molecule has 0 aliphatic heterocycles. The van der Waals surface area contributed by atoms with Crippen LogP contribution in [0.15, 0.2) is 42.9 Å². The van der Waals surface area contributed by atoms with Gasteiger partial charge in [-0.1, -0.05) is 0 Å². The van der Waals surface area contributed by atoms with Crippen LogP contribution in [0.3, 0.4) is 0 Å². The Kier molecular flexibility index (Phi) is 5.50. The van der Waals surface area contributed by atoms with E-state index >= 15 is 0 Å². The van der Waals surface area contributed by atoms with Gasteiger partial charge in [-0.05, 0) is 0 Å². The summed E-state index contributed by atoms with van der Waals surface area (Å²) in [6.45, 7) is 9.96. The molecule has 158 valence electrons. The molecule has 1 saturated carbocycles. The van der Waals surface area contributed by atoms with Gasteiger partial charge in [0.15, 0.2) is 0 Å². The molecule has 0 aromatic carbocycles. The van der Waals surface area contributed by atoms with Gasteiger partial charge in [0.25, 0.3) is 0 Å². The van der Waals surface area contributed by atoms with E-state index < -0.39 is 21.4 Å². The molecule has 0 bridgehead atoms. The van der Waals surface area contributed by atoms with E-state index in [-0.39, 0.29) is 5.41 Å². The quantitative estimate of drug-likeness (QED) is 0.564. The number of ether oxygens (including phenoxy) is 1. The molecule has 1 aliphatic carbocycles. The predicted octanol–water partition coefficient (Wildman–Crippen LogP) is 2.71. The fraction of sp³-hybridized carbons (Fsp3) is 0.435. The normalized spacial score (nSPS) is 15.1. The molecule has 3 heterocycles. The van der Waals surface area contributed by atoms with Crippen LogP contribution in [0.1, 0.15) is 64.9 Å². The topological polar surface area (TPSA) is 73.1 Å². The van der Waals surface area contributed by atoms with Crippen molar-refractivity contribution in [3.8, 4) is 11.5 Å². The first-order valence-electron chi connectivity index (χ1n) is 10.3. The Bertz CT molecular complexity index is 1030. The van der Waals surface area contributed by atoms with Crippen molar-refractivity contribution < 1.29 is 9.84 Å². The number of aromatic nitrogens is 4. The molecule has 1 atom stereocenters. The Hall–Kier alpha value is -2.17. The summed E-state index contributed by atoms with van der Waals surface area (Å²) in [6, 6.07) is 8.35. The second-order valence-electron chi connectivity index (χ2n) is 9.40. The Morgan fingerprint density at radius 1 is 1.10 bits per heavy atom. The molecule has 0 amide bonds. The van der Waals surface area contributed by atoms with Gasteiger partial charge in [-0.2, -0.15) is 0 Å². The zero-order valence-electron chi connectivity index (χ0n) is 18.2. The Morgan fingerprint density at radius 2 is 1.87 bits per heavy atom. The summed E-state index contributed by atoms with van der Waals surface area (Å²) < 4.78 is 10.5. The monoisotopic (exact) mass is 468 g/mol. The van der Waals surface area contributed by atoms with Gasteiger partial charge in [0.1, 0.15) is 0 Å². The summed E-state index contributed by atoms with van der Waals surface area (Å²) >= 11 is -0.651. The van der Waals surface area contributed by atoms with Crippen molar-refractivity contribution in [3.63, 3.8) is 0 Å². The van der Waals surface area contributed by atoms with Gasteiger partial charge in [0.05, 0.1) is 0 Å². The van der Waals surface area contributed by atoms with Crippen LogP contribution in [-0.2, 0) is 11.0 Å². The number of rotatable bonds is 6. The Labute approximate surface area is 184 Å². The van der Waals surface area contributed by atoms with Gasteiger partial charge in [0.2, 0.25) is 0 Å². The van der Waals surface area contributed by atoms with Gasteiger partial charge in [0, 0.05) is 0 Å². The van der Waals surface area contributed by atoms with Crippen LogP contribution in [0.2, 0.25) is 0 Å². The van der Waals surface area contributed by atoms with E-state index in [1.54, 1.807) is 20.0 Å². The second-order valence-corrected chi connectivity index (χ2v) is 12.2. The minimum atomic E-state index is -0.930. The van der Waals surface area contributed by atoms with Crippen LogP contribution in [-0.4, -0.2) is 40.6 Å². The molecule has 0 saturated heterocycles. The predicted molar refractivity (Wildman–Crippen MR) is 119 cm³/mol. The second kappa shape index (κ2) is 7.82. The molecule has 1 fully saturated rings. The molecular formula is C23H29AsN4O2. The van der Waals surface area contributed by atoms with E-state index in [0.29, 0.717) is 11.7 Å². The number of aliphatic hydroxyl groups is 1. The first-order chi connectivity index (χ1) is 14.1. The number of nitrogens with zero attached hydrogens (tertiary/aromatic N) is 4. The van der Waals surface area contributed by atoms with Crippen molar-refractivity contribution in [1.82, 2.24) is 19.7 Å². The average molecular weight is 468 g/mol. The van der Waals surface area contributed by atoms with Crippen molar-refractivity contribution in [2.24, 2.45) is 0 Å². The SMILES string of the molecule is CC(C)(C)c1nn(C2CC2)cc1Oc1ccnc([AsH]c2ccc(C(C)(C)O)nc2)c1. The van der Waals surface area contributed by atoms with Crippen LogP contribution in [0.25, 0.3) is 0 Å². The molecule has 1 N–H and O–H groups in total. The number of hydrogen-bond donors (Lipinski definition) is 1. The molecule has 7 heteroatoms. The van der Waals surface area contributed by atoms with Crippen LogP contribution in [0.4, 0.5) is 0 Å². The third kappa shape index (κ3) is 4.93. The van der Waals surface area contributed by atoms with Gasteiger partial charge in [-0.3, -0.25) is 0 Å². The molecule has 3 aromatic heterocycles. The van der Waals surface area contributed by atoms with Gasteiger partial charge >= 0.3 is 184 Å². The van der Waals surface area contributed by atoms with E-state index in [1.165, 1.54) is 12.8 Å². The third-order valence-corrected chi connectivity index (χ3v) is 7.29. The minimum absolute atomic E-state index is 0.0902. The number of hydrogen-bond acceptors (Lipinski definition) is 5. The van der Waals surface area contributed by atoms with E-state index in [1.807, 2.05) is 36.7 Å². The van der Waals surface area contributed by atoms with Crippen LogP contribution in [0.5, 0.6) is 11.5 Å². The van der Waals surface area contributed by atoms with E-state index in [2.05, 4.69) is 35.4 Å². The van der Waals surface area contributed by atoms with Crippen LogP contribution >= 0.6 is 0 Å². The maximum absolute atomic E-state index is 10.1. The van der Waals surface area contributed by atoms with Gasteiger partial charge in [-0.15, -0.1) is 0 Å². The van der Waals surface area contributed by atoms with Crippen LogP contribution < -0.4 is 13.6 Å². The summed E-state index contributed by atoms with van der Waals surface area (Å²) in [5.41, 5.74) is 0.633. The van der Waals surface area contributed by atoms with Gasteiger partial charge < -0.3 is 0 Å². The van der Waals surface area contributed by atoms with Gasteiger partial charge in [-0.25, -0.2) is 0 Å². The first kappa shape index (κ1) is 21.1. The van der Waals surface area contributed by atoms with Crippen molar-refractivity contribution in [3.05, 3.63) is 54.2 Å². The summed E-state index contributed by atoms with van der Waals surface area (Å²) in [7, 11) is 0. The molecule has 1 aliphatic rings. The zero-order chi connectivity index (χ0) is 21.5. The number of pyridine rings is 2. The van der Waals surface area contributed by atoms with Crippen molar-refractivity contribution in [2.75, 3.05) is 0 Å². The fourth-order valence-corrected chi connectivity index (χ4v) is 5.13.